The van der Waals surface area contributed by atoms with Crippen LogP contribution in [0.4, 0.5) is 0 Å². The SMILES string of the molecule is Cc1cc(C(=O)CN2CCCC(CCO)C2)c(C)s1. The second kappa shape index (κ2) is 6.64. The number of carbonyl (C=O) groups is 1. The van der Waals surface area contributed by atoms with Crippen LogP contribution in [0.25, 0.3) is 0 Å². The number of Topliss-reactive ketones (excluding diaryl/α,β-unsaturated/α-hetero) is 1. The van der Waals surface area contributed by atoms with Gasteiger partial charge in [-0.25, -0.2) is 0 Å². The quantitative estimate of drug-likeness (QED) is 0.844. The first-order valence-corrected chi connectivity index (χ1v) is 7.85. The highest BCUT2D eigenvalue weighted by molar-refractivity contribution is 7.12. The number of likely N-dealkylation sites (tertiary alicyclic amines) is 1. The molecule has 106 valence electrons. The number of piperidine rings is 1. The molecule has 1 aliphatic rings. The maximum absolute atomic E-state index is 12.3. The molecule has 2 heterocycles. The Balaban J connectivity index is 1.93. The van der Waals surface area contributed by atoms with Crippen molar-refractivity contribution in [2.45, 2.75) is 33.1 Å². The zero-order chi connectivity index (χ0) is 13.8. The smallest absolute Gasteiger partial charge is 0.177 e. The molecule has 1 aromatic rings. The molecule has 1 aliphatic heterocycles. The van der Waals surface area contributed by atoms with Gasteiger partial charge in [0.2, 0.25) is 0 Å². The van der Waals surface area contributed by atoms with Crippen LogP contribution in [0.2, 0.25) is 0 Å². The van der Waals surface area contributed by atoms with E-state index < -0.39 is 0 Å². The molecule has 1 N–H and O–H groups in total. The topological polar surface area (TPSA) is 40.5 Å². The normalized spacial score (nSPS) is 20.7. The van der Waals surface area contributed by atoms with Crippen molar-refractivity contribution < 1.29 is 9.90 Å². The minimum Gasteiger partial charge on any atom is -0.396 e. The van der Waals surface area contributed by atoms with Crippen LogP contribution in [0.5, 0.6) is 0 Å². The van der Waals surface area contributed by atoms with Crippen molar-refractivity contribution in [1.29, 1.82) is 0 Å². The first-order chi connectivity index (χ1) is 9.10. The molecule has 1 saturated heterocycles. The first kappa shape index (κ1) is 14.7. The van der Waals surface area contributed by atoms with Crippen LogP contribution in [-0.2, 0) is 0 Å². The fraction of sp³-hybridized carbons (Fsp3) is 0.667. The molecule has 0 spiro atoms. The summed E-state index contributed by atoms with van der Waals surface area (Å²) in [6.07, 6.45) is 3.18. The molecule has 1 unspecified atom stereocenters. The van der Waals surface area contributed by atoms with Gasteiger partial charge >= 0.3 is 0 Å². The predicted octanol–water partition coefficient (Wildman–Crippen LogP) is 2.64. The lowest BCUT2D eigenvalue weighted by Crippen LogP contribution is -2.39. The van der Waals surface area contributed by atoms with Crippen LogP contribution in [0.3, 0.4) is 0 Å². The van der Waals surface area contributed by atoms with Gasteiger partial charge in [-0.2, -0.15) is 0 Å². The number of nitrogens with zero attached hydrogens (tertiary/aromatic N) is 1. The van der Waals surface area contributed by atoms with E-state index in [1.165, 1.54) is 11.3 Å². The van der Waals surface area contributed by atoms with Crippen molar-refractivity contribution in [3.63, 3.8) is 0 Å². The Hall–Kier alpha value is -0.710. The number of rotatable bonds is 5. The summed E-state index contributed by atoms with van der Waals surface area (Å²) in [6.45, 7) is 6.82. The molecule has 0 radical (unpaired) electrons. The lowest BCUT2D eigenvalue weighted by Gasteiger charge is -2.31. The van der Waals surface area contributed by atoms with E-state index in [0.717, 1.165) is 36.4 Å². The standard InChI is InChI=1S/C15H23NO2S/c1-11-8-14(12(2)19-11)15(18)10-16-6-3-4-13(9-16)5-7-17/h8,13,17H,3-7,9-10H2,1-2H3. The summed E-state index contributed by atoms with van der Waals surface area (Å²) in [4.78, 5) is 16.9. The van der Waals surface area contributed by atoms with Crippen molar-refractivity contribution in [2.75, 3.05) is 26.2 Å². The molecule has 0 aromatic carbocycles. The first-order valence-electron chi connectivity index (χ1n) is 7.03. The summed E-state index contributed by atoms with van der Waals surface area (Å²) in [6, 6.07) is 2.01. The van der Waals surface area contributed by atoms with Gasteiger partial charge in [-0.05, 0) is 51.6 Å². The van der Waals surface area contributed by atoms with Crippen molar-refractivity contribution in [1.82, 2.24) is 4.90 Å². The molecule has 19 heavy (non-hydrogen) atoms. The van der Waals surface area contributed by atoms with Gasteiger partial charge in [0.05, 0.1) is 6.54 Å². The van der Waals surface area contributed by atoms with E-state index in [0.29, 0.717) is 12.5 Å². The van der Waals surface area contributed by atoms with Crippen LogP contribution in [0, 0.1) is 19.8 Å². The number of aliphatic hydroxyl groups is 1. The summed E-state index contributed by atoms with van der Waals surface area (Å²) < 4.78 is 0. The molecule has 0 saturated carbocycles. The Bertz CT molecular complexity index is 439. The van der Waals surface area contributed by atoms with Crippen LogP contribution in [0.1, 0.15) is 39.4 Å². The summed E-state index contributed by atoms with van der Waals surface area (Å²) >= 11 is 1.70. The number of aryl methyl sites for hydroxylation is 2. The monoisotopic (exact) mass is 281 g/mol. The third kappa shape index (κ3) is 3.88. The third-order valence-corrected chi connectivity index (χ3v) is 4.81. The van der Waals surface area contributed by atoms with E-state index in [1.54, 1.807) is 11.3 Å². The largest absolute Gasteiger partial charge is 0.396 e. The Kier molecular flexibility index (Phi) is 5.13. The number of hydrogen-bond acceptors (Lipinski definition) is 4. The van der Waals surface area contributed by atoms with E-state index in [1.807, 2.05) is 19.9 Å². The Labute approximate surface area is 119 Å². The van der Waals surface area contributed by atoms with Crippen molar-refractivity contribution in [3.05, 3.63) is 21.4 Å². The van der Waals surface area contributed by atoms with Gasteiger partial charge < -0.3 is 5.11 Å². The van der Waals surface area contributed by atoms with Crippen LogP contribution < -0.4 is 0 Å². The lowest BCUT2D eigenvalue weighted by molar-refractivity contribution is 0.0871. The third-order valence-electron chi connectivity index (χ3n) is 3.85. The van der Waals surface area contributed by atoms with Gasteiger partial charge in [-0.15, -0.1) is 11.3 Å². The number of aliphatic hydroxyl groups excluding tert-OH is 1. The van der Waals surface area contributed by atoms with E-state index in [2.05, 4.69) is 4.90 Å². The van der Waals surface area contributed by atoms with Crippen LogP contribution in [-0.4, -0.2) is 42.0 Å². The van der Waals surface area contributed by atoms with Crippen molar-refractivity contribution in [2.24, 2.45) is 5.92 Å². The Morgan fingerprint density at radius 3 is 2.95 bits per heavy atom. The predicted molar refractivity (Wildman–Crippen MR) is 79.0 cm³/mol. The van der Waals surface area contributed by atoms with E-state index in [9.17, 15) is 4.79 Å². The Morgan fingerprint density at radius 2 is 2.32 bits per heavy atom. The molecule has 4 heteroatoms. The molecule has 0 bridgehead atoms. The van der Waals surface area contributed by atoms with Gasteiger partial charge in [0.25, 0.3) is 0 Å². The van der Waals surface area contributed by atoms with E-state index >= 15 is 0 Å². The maximum Gasteiger partial charge on any atom is 0.177 e. The number of carbonyl (C=O) groups excluding carboxylic acids is 1. The van der Waals surface area contributed by atoms with Gasteiger partial charge in [-0.1, -0.05) is 0 Å². The van der Waals surface area contributed by atoms with Gasteiger partial charge in [-0.3, -0.25) is 9.69 Å². The highest BCUT2D eigenvalue weighted by atomic mass is 32.1. The highest BCUT2D eigenvalue weighted by Crippen LogP contribution is 2.23. The molecule has 1 aromatic heterocycles. The van der Waals surface area contributed by atoms with Crippen molar-refractivity contribution >= 4 is 17.1 Å². The fourth-order valence-electron chi connectivity index (χ4n) is 2.91. The molecular formula is C15H23NO2S. The average Bonchev–Trinajstić information content (AvgIpc) is 2.69. The highest BCUT2D eigenvalue weighted by Gasteiger charge is 2.22. The van der Waals surface area contributed by atoms with Crippen LogP contribution >= 0.6 is 11.3 Å². The summed E-state index contributed by atoms with van der Waals surface area (Å²) in [5, 5.41) is 9.02. The molecule has 2 rings (SSSR count). The molecule has 1 fully saturated rings. The summed E-state index contributed by atoms with van der Waals surface area (Å²) in [7, 11) is 0. The average molecular weight is 281 g/mol. The number of hydrogen-bond donors (Lipinski definition) is 1. The number of thiophene rings is 1. The maximum atomic E-state index is 12.3. The summed E-state index contributed by atoms with van der Waals surface area (Å²) in [5.74, 6) is 0.795. The number of ketones is 1. The Morgan fingerprint density at radius 1 is 1.53 bits per heavy atom. The van der Waals surface area contributed by atoms with E-state index in [4.69, 9.17) is 5.11 Å². The fourth-order valence-corrected chi connectivity index (χ4v) is 3.85. The molecule has 1 atom stereocenters. The lowest BCUT2D eigenvalue weighted by atomic mass is 9.95. The molecule has 0 amide bonds. The zero-order valence-corrected chi connectivity index (χ0v) is 12.6. The second-order valence-electron chi connectivity index (χ2n) is 5.51. The van der Waals surface area contributed by atoms with Crippen molar-refractivity contribution in [3.8, 4) is 0 Å². The zero-order valence-electron chi connectivity index (χ0n) is 11.8. The minimum atomic E-state index is 0.242. The van der Waals surface area contributed by atoms with Gasteiger partial charge in [0.1, 0.15) is 0 Å². The molecule has 0 aliphatic carbocycles. The second-order valence-corrected chi connectivity index (χ2v) is 6.97. The van der Waals surface area contributed by atoms with Gasteiger partial charge in [0, 0.05) is 28.5 Å². The minimum absolute atomic E-state index is 0.242. The van der Waals surface area contributed by atoms with E-state index in [-0.39, 0.29) is 12.4 Å². The van der Waals surface area contributed by atoms with Gasteiger partial charge in [0.15, 0.2) is 5.78 Å². The molecule has 3 nitrogen and oxygen atoms in total. The molecular weight excluding hydrogens is 258 g/mol. The van der Waals surface area contributed by atoms with Crippen LogP contribution in [0.15, 0.2) is 6.07 Å². The summed E-state index contributed by atoms with van der Waals surface area (Å²) in [5.41, 5.74) is 0.895.